The van der Waals surface area contributed by atoms with Gasteiger partial charge < -0.3 is 5.32 Å². The molecule has 1 unspecified atom stereocenters. The lowest BCUT2D eigenvalue weighted by Gasteiger charge is -2.18. The molecule has 0 radical (unpaired) electrons. The van der Waals surface area contributed by atoms with Crippen LogP contribution in [0.4, 0.5) is 0 Å². The molecule has 0 amide bonds. The molecule has 0 saturated heterocycles. The Kier molecular flexibility index (Phi) is 6.84. The van der Waals surface area contributed by atoms with Crippen LogP contribution in [-0.4, -0.2) is 12.8 Å². The van der Waals surface area contributed by atoms with Gasteiger partial charge in [0, 0.05) is 17.4 Å². The number of rotatable bonds is 7. The van der Waals surface area contributed by atoms with E-state index >= 15 is 0 Å². The Hall–Kier alpha value is -0.910. The van der Waals surface area contributed by atoms with E-state index in [1.165, 1.54) is 10.5 Å². The van der Waals surface area contributed by atoms with Gasteiger partial charge in [0.05, 0.1) is 0 Å². The fourth-order valence-electron chi connectivity index (χ4n) is 1.88. The highest BCUT2D eigenvalue weighted by molar-refractivity contribution is 7.98. The molecule has 0 heterocycles. The van der Waals surface area contributed by atoms with Gasteiger partial charge in [0.2, 0.25) is 0 Å². The third kappa shape index (κ3) is 4.85. The van der Waals surface area contributed by atoms with Crippen LogP contribution in [0.3, 0.4) is 0 Å². The second-order valence-electron chi connectivity index (χ2n) is 3.98. The van der Waals surface area contributed by atoms with Crippen LogP contribution in [0.15, 0.2) is 29.2 Å². The van der Waals surface area contributed by atoms with E-state index < -0.39 is 0 Å². The lowest BCUT2D eigenvalue weighted by atomic mass is 10.0. The molecule has 1 aromatic carbocycles. The Labute approximate surface area is 109 Å². The van der Waals surface area contributed by atoms with Gasteiger partial charge in [-0.15, -0.1) is 24.1 Å². The fraction of sp³-hybridized carbons (Fsp3) is 0.467. The summed E-state index contributed by atoms with van der Waals surface area (Å²) in [6, 6.07) is 9.24. The van der Waals surface area contributed by atoms with Crippen LogP contribution in [0.25, 0.3) is 0 Å². The first-order valence-electron chi connectivity index (χ1n) is 6.12. The summed E-state index contributed by atoms with van der Waals surface area (Å²) in [6.07, 6.45) is 10.4. The first-order chi connectivity index (χ1) is 8.31. The van der Waals surface area contributed by atoms with Crippen molar-refractivity contribution >= 4 is 11.8 Å². The molecule has 1 N–H and O–H groups in total. The first-order valence-corrected chi connectivity index (χ1v) is 7.35. The predicted molar refractivity (Wildman–Crippen MR) is 77.3 cm³/mol. The number of thioether (sulfide) groups is 1. The fourth-order valence-corrected chi connectivity index (χ4v) is 2.29. The maximum absolute atomic E-state index is 5.29. The summed E-state index contributed by atoms with van der Waals surface area (Å²) in [5.74, 6) is 2.70. The topological polar surface area (TPSA) is 12.0 Å². The van der Waals surface area contributed by atoms with Crippen LogP contribution in [0.1, 0.15) is 37.8 Å². The van der Waals surface area contributed by atoms with E-state index in [0.29, 0.717) is 6.04 Å². The molecular weight excluding hydrogens is 226 g/mol. The SMILES string of the molecule is C#CCCCC(NCC)c1ccc(SC)cc1. The highest BCUT2D eigenvalue weighted by Gasteiger charge is 2.09. The molecule has 0 fully saturated rings. The predicted octanol–water partition coefficient (Wildman–Crippen LogP) is 3.86. The monoisotopic (exact) mass is 247 g/mol. The van der Waals surface area contributed by atoms with Crippen LogP contribution in [0.2, 0.25) is 0 Å². The third-order valence-corrected chi connectivity index (χ3v) is 3.53. The van der Waals surface area contributed by atoms with E-state index in [4.69, 9.17) is 6.42 Å². The Bertz CT molecular complexity index is 350. The number of hydrogen-bond acceptors (Lipinski definition) is 2. The van der Waals surface area contributed by atoms with Gasteiger partial charge in [0.1, 0.15) is 0 Å². The molecule has 0 aliphatic heterocycles. The van der Waals surface area contributed by atoms with Gasteiger partial charge in [-0.3, -0.25) is 0 Å². The Morgan fingerprint density at radius 2 is 2.06 bits per heavy atom. The summed E-state index contributed by atoms with van der Waals surface area (Å²) in [4.78, 5) is 1.31. The molecule has 2 heteroatoms. The smallest absolute Gasteiger partial charge is 0.0320 e. The quantitative estimate of drug-likeness (QED) is 0.446. The van der Waals surface area contributed by atoms with Gasteiger partial charge in [0.25, 0.3) is 0 Å². The van der Waals surface area contributed by atoms with Crippen LogP contribution in [0, 0.1) is 12.3 Å². The van der Waals surface area contributed by atoms with Crippen molar-refractivity contribution in [2.75, 3.05) is 12.8 Å². The number of nitrogens with one attached hydrogen (secondary N) is 1. The van der Waals surface area contributed by atoms with Crippen molar-refractivity contribution in [1.29, 1.82) is 0 Å². The van der Waals surface area contributed by atoms with Crippen LogP contribution in [-0.2, 0) is 0 Å². The molecule has 0 saturated carbocycles. The zero-order valence-electron chi connectivity index (χ0n) is 10.7. The van der Waals surface area contributed by atoms with Crippen molar-refractivity contribution in [3.05, 3.63) is 29.8 Å². The normalized spacial score (nSPS) is 12.1. The molecular formula is C15H21NS. The van der Waals surface area contributed by atoms with E-state index in [2.05, 4.69) is 48.7 Å². The molecule has 1 aromatic rings. The van der Waals surface area contributed by atoms with Crippen LogP contribution in [0.5, 0.6) is 0 Å². The summed E-state index contributed by atoms with van der Waals surface area (Å²) in [7, 11) is 0. The maximum Gasteiger partial charge on any atom is 0.0320 e. The van der Waals surface area contributed by atoms with Crippen molar-refractivity contribution in [1.82, 2.24) is 5.32 Å². The average molecular weight is 247 g/mol. The van der Waals surface area contributed by atoms with E-state index in [9.17, 15) is 0 Å². The van der Waals surface area contributed by atoms with Crippen LogP contribution >= 0.6 is 11.8 Å². The maximum atomic E-state index is 5.29. The van der Waals surface area contributed by atoms with Gasteiger partial charge in [0.15, 0.2) is 0 Å². The molecule has 0 bridgehead atoms. The average Bonchev–Trinajstić information content (AvgIpc) is 2.38. The second-order valence-corrected chi connectivity index (χ2v) is 4.86. The van der Waals surface area contributed by atoms with E-state index in [0.717, 1.165) is 25.8 Å². The Morgan fingerprint density at radius 1 is 1.35 bits per heavy atom. The molecule has 0 spiro atoms. The number of hydrogen-bond donors (Lipinski definition) is 1. The molecule has 0 aliphatic rings. The number of benzene rings is 1. The number of unbranched alkanes of at least 4 members (excludes halogenated alkanes) is 1. The summed E-state index contributed by atoms with van der Waals surface area (Å²) in [6.45, 7) is 3.13. The van der Waals surface area contributed by atoms with Gasteiger partial charge in [-0.2, -0.15) is 0 Å². The molecule has 1 atom stereocenters. The van der Waals surface area contributed by atoms with Crippen molar-refractivity contribution in [3.8, 4) is 12.3 Å². The molecule has 1 rings (SSSR count). The van der Waals surface area contributed by atoms with Crippen molar-refractivity contribution in [3.63, 3.8) is 0 Å². The zero-order chi connectivity index (χ0) is 12.5. The minimum absolute atomic E-state index is 0.434. The molecule has 0 aromatic heterocycles. The largest absolute Gasteiger partial charge is 0.310 e. The highest BCUT2D eigenvalue weighted by atomic mass is 32.2. The van der Waals surface area contributed by atoms with Gasteiger partial charge >= 0.3 is 0 Å². The van der Waals surface area contributed by atoms with Crippen molar-refractivity contribution in [2.45, 2.75) is 37.1 Å². The first kappa shape index (κ1) is 14.2. The highest BCUT2D eigenvalue weighted by Crippen LogP contribution is 2.22. The van der Waals surface area contributed by atoms with E-state index in [1.54, 1.807) is 11.8 Å². The van der Waals surface area contributed by atoms with Crippen molar-refractivity contribution < 1.29 is 0 Å². The summed E-state index contributed by atoms with van der Waals surface area (Å²) >= 11 is 1.78. The lowest BCUT2D eigenvalue weighted by molar-refractivity contribution is 0.501. The van der Waals surface area contributed by atoms with Crippen molar-refractivity contribution in [2.24, 2.45) is 0 Å². The summed E-state index contributed by atoms with van der Waals surface area (Å²) in [5.41, 5.74) is 1.36. The zero-order valence-corrected chi connectivity index (χ0v) is 11.5. The summed E-state index contributed by atoms with van der Waals surface area (Å²) in [5, 5.41) is 3.52. The van der Waals surface area contributed by atoms with Gasteiger partial charge in [-0.05, 0) is 43.3 Å². The molecule has 1 nitrogen and oxygen atoms in total. The van der Waals surface area contributed by atoms with Crippen LogP contribution < -0.4 is 5.32 Å². The molecule has 0 aliphatic carbocycles. The molecule has 92 valence electrons. The third-order valence-electron chi connectivity index (χ3n) is 2.78. The Balaban J connectivity index is 2.64. The summed E-state index contributed by atoms with van der Waals surface area (Å²) < 4.78 is 0. The second kappa shape index (κ2) is 8.22. The molecule has 17 heavy (non-hydrogen) atoms. The van der Waals surface area contributed by atoms with E-state index in [-0.39, 0.29) is 0 Å². The minimum atomic E-state index is 0.434. The number of terminal acetylenes is 1. The standard InChI is InChI=1S/C15H21NS/c1-4-6-7-8-15(16-5-2)13-9-11-14(17-3)12-10-13/h1,9-12,15-16H,5-8H2,2-3H3. The van der Waals surface area contributed by atoms with E-state index in [1.807, 2.05) is 0 Å². The minimum Gasteiger partial charge on any atom is -0.310 e. The van der Waals surface area contributed by atoms with Gasteiger partial charge in [-0.1, -0.05) is 19.1 Å². The lowest BCUT2D eigenvalue weighted by Crippen LogP contribution is -2.20. The van der Waals surface area contributed by atoms with Gasteiger partial charge in [-0.25, -0.2) is 0 Å². The Morgan fingerprint density at radius 3 is 2.59 bits per heavy atom.